The van der Waals surface area contributed by atoms with E-state index < -0.39 is 6.23 Å². The summed E-state index contributed by atoms with van der Waals surface area (Å²) >= 11 is 0. The summed E-state index contributed by atoms with van der Waals surface area (Å²) in [6, 6.07) is 11.7. The third kappa shape index (κ3) is 3.01. The first-order chi connectivity index (χ1) is 13.7. The van der Waals surface area contributed by atoms with Gasteiger partial charge in [0.2, 0.25) is 0 Å². The first-order valence-electron chi connectivity index (χ1n) is 9.25. The molecular weight excluding hydrogens is 360 g/mol. The largest absolute Gasteiger partial charge is 0.495 e. The second-order valence-electron chi connectivity index (χ2n) is 6.72. The lowest BCUT2D eigenvalue weighted by Crippen LogP contribution is -2.47. The molecule has 0 amide bonds. The van der Waals surface area contributed by atoms with Gasteiger partial charge in [0.25, 0.3) is 0 Å². The Hall–Kier alpha value is -2.93. The Morgan fingerprint density at radius 3 is 2.29 bits per heavy atom. The molecule has 7 nitrogen and oxygen atoms in total. The number of hydrogen-bond acceptors (Lipinski definition) is 7. The summed E-state index contributed by atoms with van der Waals surface area (Å²) in [4.78, 5) is 17.0. The number of nitrogens with zero attached hydrogens (tertiary/aromatic N) is 2. The Labute approximate surface area is 164 Å². The third-order valence-electron chi connectivity index (χ3n) is 5.34. The molecule has 0 bridgehead atoms. The number of fused-ring (bicyclic) bond motifs is 1. The highest BCUT2D eigenvalue weighted by atomic mass is 16.6. The van der Waals surface area contributed by atoms with E-state index in [4.69, 9.17) is 18.9 Å². The molecule has 4 rings (SSSR count). The number of piperazine rings is 1. The molecule has 0 unspecified atom stereocenters. The van der Waals surface area contributed by atoms with Crippen molar-refractivity contribution in [1.82, 2.24) is 4.90 Å². The van der Waals surface area contributed by atoms with Crippen LogP contribution in [0.1, 0.15) is 22.1 Å². The number of methoxy groups -OCH3 is 3. The summed E-state index contributed by atoms with van der Waals surface area (Å²) in [5.74, 6) is 1.45. The van der Waals surface area contributed by atoms with Gasteiger partial charge in [-0.2, -0.15) is 0 Å². The highest BCUT2D eigenvalue weighted by molar-refractivity contribution is 5.98. The number of anilines is 1. The number of cyclic esters (lactones) is 1. The summed E-state index contributed by atoms with van der Waals surface area (Å²) in [5, 5.41) is 0. The van der Waals surface area contributed by atoms with Crippen LogP contribution < -0.4 is 19.1 Å². The van der Waals surface area contributed by atoms with Gasteiger partial charge in [-0.05, 0) is 24.3 Å². The molecule has 0 saturated carbocycles. The van der Waals surface area contributed by atoms with E-state index in [9.17, 15) is 4.79 Å². The van der Waals surface area contributed by atoms with Crippen LogP contribution in [-0.2, 0) is 4.74 Å². The molecule has 2 aromatic carbocycles. The minimum Gasteiger partial charge on any atom is -0.495 e. The molecule has 1 saturated heterocycles. The second-order valence-corrected chi connectivity index (χ2v) is 6.72. The van der Waals surface area contributed by atoms with Crippen LogP contribution in [0, 0.1) is 0 Å². The predicted molar refractivity (Wildman–Crippen MR) is 104 cm³/mol. The number of carbonyl (C=O) groups is 1. The molecule has 2 aromatic rings. The topological polar surface area (TPSA) is 60.5 Å². The molecule has 2 aliphatic heterocycles. The van der Waals surface area contributed by atoms with Crippen molar-refractivity contribution in [2.75, 3.05) is 52.4 Å². The van der Waals surface area contributed by atoms with Crippen molar-refractivity contribution in [3.8, 4) is 17.2 Å². The average molecular weight is 384 g/mol. The Morgan fingerprint density at radius 2 is 1.61 bits per heavy atom. The van der Waals surface area contributed by atoms with E-state index >= 15 is 0 Å². The van der Waals surface area contributed by atoms with E-state index in [1.54, 1.807) is 14.2 Å². The van der Waals surface area contributed by atoms with Gasteiger partial charge in [0.1, 0.15) is 11.3 Å². The smallest absolute Gasteiger partial charge is 0.344 e. The molecule has 0 aliphatic carbocycles. The van der Waals surface area contributed by atoms with E-state index in [2.05, 4.69) is 15.9 Å². The Morgan fingerprint density at radius 1 is 0.893 bits per heavy atom. The number of para-hydroxylation sites is 2. The van der Waals surface area contributed by atoms with Crippen molar-refractivity contribution >= 4 is 11.7 Å². The normalized spacial score (nSPS) is 19.2. The second kappa shape index (κ2) is 7.59. The molecular formula is C21H24N2O5. The number of esters is 1. The Balaban J connectivity index is 1.53. The van der Waals surface area contributed by atoms with Gasteiger partial charge in [0.15, 0.2) is 17.7 Å². The Bertz CT molecular complexity index is 877. The van der Waals surface area contributed by atoms with Crippen LogP contribution in [-0.4, -0.2) is 58.4 Å². The van der Waals surface area contributed by atoms with Crippen LogP contribution in [0.5, 0.6) is 17.2 Å². The molecule has 0 aromatic heterocycles. The minimum atomic E-state index is -0.401. The van der Waals surface area contributed by atoms with Gasteiger partial charge in [-0.1, -0.05) is 12.1 Å². The predicted octanol–water partition coefficient (Wildman–Crippen LogP) is 2.70. The fourth-order valence-corrected chi connectivity index (χ4v) is 3.94. The zero-order chi connectivity index (χ0) is 19.7. The highest BCUT2D eigenvalue weighted by Crippen LogP contribution is 2.43. The molecule has 2 heterocycles. The summed E-state index contributed by atoms with van der Waals surface area (Å²) in [6.07, 6.45) is -0.401. The van der Waals surface area contributed by atoms with Gasteiger partial charge in [0.05, 0.1) is 27.0 Å². The van der Waals surface area contributed by atoms with Gasteiger partial charge in [-0.15, -0.1) is 0 Å². The lowest BCUT2D eigenvalue weighted by Gasteiger charge is -2.38. The van der Waals surface area contributed by atoms with E-state index in [1.807, 2.05) is 30.3 Å². The summed E-state index contributed by atoms with van der Waals surface area (Å²) < 4.78 is 21.9. The summed E-state index contributed by atoms with van der Waals surface area (Å²) in [7, 11) is 4.77. The molecule has 148 valence electrons. The van der Waals surface area contributed by atoms with Gasteiger partial charge in [-0.25, -0.2) is 4.79 Å². The van der Waals surface area contributed by atoms with Crippen molar-refractivity contribution in [3.63, 3.8) is 0 Å². The highest BCUT2D eigenvalue weighted by Gasteiger charge is 2.40. The molecule has 2 aliphatic rings. The number of benzene rings is 2. The Kier molecular flexibility index (Phi) is 5.00. The molecule has 0 spiro atoms. The number of ether oxygens (including phenoxy) is 4. The lowest BCUT2D eigenvalue weighted by molar-refractivity contribution is -0.0251. The van der Waals surface area contributed by atoms with Gasteiger partial charge >= 0.3 is 5.97 Å². The maximum atomic E-state index is 12.5. The van der Waals surface area contributed by atoms with Gasteiger partial charge in [0, 0.05) is 31.7 Å². The van der Waals surface area contributed by atoms with Crippen LogP contribution in [0.2, 0.25) is 0 Å². The number of rotatable bonds is 5. The van der Waals surface area contributed by atoms with Crippen LogP contribution in [0.15, 0.2) is 36.4 Å². The fourth-order valence-electron chi connectivity index (χ4n) is 3.94. The van der Waals surface area contributed by atoms with Crippen molar-refractivity contribution in [3.05, 3.63) is 47.5 Å². The SMILES string of the molecule is COc1ccccc1N1CCN([C@@H]2OC(=O)c3c2ccc(OC)c3OC)CC1. The maximum absolute atomic E-state index is 12.5. The molecule has 0 radical (unpaired) electrons. The third-order valence-corrected chi connectivity index (χ3v) is 5.34. The quantitative estimate of drug-likeness (QED) is 0.735. The fraction of sp³-hybridized carbons (Fsp3) is 0.381. The first kappa shape index (κ1) is 18.4. The molecule has 1 atom stereocenters. The summed E-state index contributed by atoms with van der Waals surface area (Å²) in [6.45, 7) is 3.17. The standard InChI is InChI=1S/C21H24N2O5/c1-25-16-7-5-4-6-15(16)22-10-12-23(13-11-22)20-14-8-9-17(26-2)19(27-3)18(14)21(24)28-20/h4-9,20H,10-13H2,1-3H3/t20-/m1/s1. The zero-order valence-corrected chi connectivity index (χ0v) is 16.3. The molecule has 7 heteroatoms. The van der Waals surface area contributed by atoms with Crippen LogP contribution in [0.3, 0.4) is 0 Å². The number of hydrogen-bond donors (Lipinski definition) is 0. The first-order valence-corrected chi connectivity index (χ1v) is 9.25. The van der Waals surface area contributed by atoms with Crippen LogP contribution in [0.4, 0.5) is 5.69 Å². The van der Waals surface area contributed by atoms with E-state index in [-0.39, 0.29) is 5.97 Å². The van der Waals surface area contributed by atoms with E-state index in [0.29, 0.717) is 17.1 Å². The van der Waals surface area contributed by atoms with Crippen molar-refractivity contribution in [2.24, 2.45) is 0 Å². The molecule has 0 N–H and O–H groups in total. The van der Waals surface area contributed by atoms with Crippen LogP contribution in [0.25, 0.3) is 0 Å². The van der Waals surface area contributed by atoms with E-state index in [1.165, 1.54) is 7.11 Å². The maximum Gasteiger partial charge on any atom is 0.344 e. The van der Waals surface area contributed by atoms with Gasteiger partial charge < -0.3 is 23.8 Å². The van der Waals surface area contributed by atoms with Gasteiger partial charge in [-0.3, -0.25) is 4.90 Å². The zero-order valence-electron chi connectivity index (χ0n) is 16.3. The van der Waals surface area contributed by atoms with Crippen molar-refractivity contribution in [2.45, 2.75) is 6.23 Å². The number of carbonyl (C=O) groups excluding carboxylic acids is 1. The van der Waals surface area contributed by atoms with Crippen molar-refractivity contribution < 1.29 is 23.7 Å². The molecule has 1 fully saturated rings. The monoisotopic (exact) mass is 384 g/mol. The average Bonchev–Trinajstić information content (AvgIpc) is 3.09. The van der Waals surface area contributed by atoms with Crippen LogP contribution >= 0.6 is 0 Å². The summed E-state index contributed by atoms with van der Waals surface area (Å²) in [5.41, 5.74) is 2.37. The van der Waals surface area contributed by atoms with E-state index in [0.717, 1.165) is 43.2 Å². The van der Waals surface area contributed by atoms with Crippen molar-refractivity contribution in [1.29, 1.82) is 0 Å². The lowest BCUT2D eigenvalue weighted by atomic mass is 10.1. The minimum absolute atomic E-state index is 0.372. The molecule has 28 heavy (non-hydrogen) atoms.